The molecule has 0 saturated heterocycles. The van der Waals surface area contributed by atoms with Gasteiger partial charge in [-0.1, -0.05) is 45.9 Å². The van der Waals surface area contributed by atoms with Crippen molar-refractivity contribution in [2.75, 3.05) is 0 Å². The maximum atomic E-state index is 3.21. The molecular formula is C17H24. The fourth-order valence-electron chi connectivity index (χ4n) is 2.05. The molecule has 0 radical (unpaired) electrons. The van der Waals surface area contributed by atoms with Gasteiger partial charge < -0.3 is 0 Å². The lowest BCUT2D eigenvalue weighted by molar-refractivity contribution is 0.585. The van der Waals surface area contributed by atoms with E-state index < -0.39 is 0 Å². The quantitative estimate of drug-likeness (QED) is 0.647. The zero-order valence-electron chi connectivity index (χ0n) is 11.9. The van der Waals surface area contributed by atoms with Crippen LogP contribution in [-0.2, 0) is 11.8 Å². The lowest BCUT2D eigenvalue weighted by Gasteiger charge is -2.22. The summed E-state index contributed by atoms with van der Waals surface area (Å²) in [5, 5.41) is 0. The van der Waals surface area contributed by atoms with Crippen LogP contribution in [0.5, 0.6) is 0 Å². The summed E-state index contributed by atoms with van der Waals surface area (Å²) in [6, 6.07) is 6.82. The van der Waals surface area contributed by atoms with Crippen molar-refractivity contribution in [2.45, 2.75) is 59.3 Å². The van der Waals surface area contributed by atoms with E-state index in [9.17, 15) is 0 Å². The Kier molecular flexibility index (Phi) is 4.82. The molecule has 0 atom stereocenters. The first-order valence-electron chi connectivity index (χ1n) is 6.51. The summed E-state index contributed by atoms with van der Waals surface area (Å²) in [6.07, 6.45) is 3.00. The summed E-state index contributed by atoms with van der Waals surface area (Å²) in [6.45, 7) is 11.1. The molecule has 0 unspecified atom stereocenters. The molecule has 0 nitrogen and oxygen atoms in total. The molecule has 17 heavy (non-hydrogen) atoms. The fraction of sp³-hybridized carbons (Fsp3) is 0.529. The van der Waals surface area contributed by atoms with Crippen molar-refractivity contribution in [1.82, 2.24) is 0 Å². The Balaban J connectivity index is 2.82. The van der Waals surface area contributed by atoms with Crippen LogP contribution in [0.4, 0.5) is 0 Å². The Morgan fingerprint density at radius 3 is 2.41 bits per heavy atom. The first kappa shape index (κ1) is 13.8. The van der Waals surface area contributed by atoms with Gasteiger partial charge in [0.2, 0.25) is 0 Å². The van der Waals surface area contributed by atoms with Crippen LogP contribution in [0.1, 0.15) is 57.2 Å². The summed E-state index contributed by atoms with van der Waals surface area (Å²) < 4.78 is 0. The summed E-state index contributed by atoms with van der Waals surface area (Å²) in [7, 11) is 0. The summed E-state index contributed by atoms with van der Waals surface area (Å²) in [5.74, 6) is 6.33. The van der Waals surface area contributed by atoms with Crippen LogP contribution >= 0.6 is 0 Å². The molecule has 0 spiro atoms. The smallest absolute Gasteiger partial charge is 0.0129 e. The molecule has 0 fully saturated rings. The monoisotopic (exact) mass is 228 g/mol. The first-order valence-corrected chi connectivity index (χ1v) is 6.51. The molecule has 0 aliphatic carbocycles. The van der Waals surface area contributed by atoms with Gasteiger partial charge in [0.25, 0.3) is 0 Å². The molecule has 0 aliphatic rings. The molecule has 0 N–H and O–H groups in total. The van der Waals surface area contributed by atoms with E-state index >= 15 is 0 Å². The van der Waals surface area contributed by atoms with Gasteiger partial charge in [0, 0.05) is 12.8 Å². The fourth-order valence-corrected chi connectivity index (χ4v) is 2.05. The van der Waals surface area contributed by atoms with Gasteiger partial charge in [-0.3, -0.25) is 0 Å². The van der Waals surface area contributed by atoms with Crippen molar-refractivity contribution in [3.05, 3.63) is 34.9 Å². The normalized spacial score (nSPS) is 10.9. The lowest BCUT2D eigenvalue weighted by Crippen LogP contribution is -2.13. The second-order valence-corrected chi connectivity index (χ2v) is 5.61. The van der Waals surface area contributed by atoms with Crippen molar-refractivity contribution in [2.24, 2.45) is 0 Å². The molecule has 0 heteroatoms. The van der Waals surface area contributed by atoms with Gasteiger partial charge >= 0.3 is 0 Å². The van der Waals surface area contributed by atoms with E-state index in [-0.39, 0.29) is 5.41 Å². The zero-order chi connectivity index (χ0) is 12.9. The molecule has 0 saturated carbocycles. The Morgan fingerprint density at radius 2 is 1.82 bits per heavy atom. The molecule has 92 valence electrons. The second kappa shape index (κ2) is 5.92. The Bertz CT molecular complexity index is 422. The SMILES string of the molecule is CCC#CCCc1ccc(C)c(C(C)(C)C)c1. The summed E-state index contributed by atoms with van der Waals surface area (Å²) in [4.78, 5) is 0. The molecule has 1 aromatic rings. The summed E-state index contributed by atoms with van der Waals surface area (Å²) >= 11 is 0. The van der Waals surface area contributed by atoms with Crippen LogP contribution in [0.3, 0.4) is 0 Å². The Hall–Kier alpha value is -1.22. The van der Waals surface area contributed by atoms with Gasteiger partial charge in [0.05, 0.1) is 0 Å². The van der Waals surface area contributed by atoms with E-state index in [0.29, 0.717) is 0 Å². The van der Waals surface area contributed by atoms with Gasteiger partial charge in [0.1, 0.15) is 0 Å². The molecule has 0 aromatic heterocycles. The van der Waals surface area contributed by atoms with Gasteiger partial charge in [0.15, 0.2) is 0 Å². The highest BCUT2D eigenvalue weighted by Crippen LogP contribution is 2.26. The van der Waals surface area contributed by atoms with Gasteiger partial charge in [-0.2, -0.15) is 0 Å². The summed E-state index contributed by atoms with van der Waals surface area (Å²) in [5.41, 5.74) is 4.49. The topological polar surface area (TPSA) is 0 Å². The van der Waals surface area contributed by atoms with E-state index in [1.165, 1.54) is 16.7 Å². The van der Waals surface area contributed by atoms with Crippen LogP contribution in [0.2, 0.25) is 0 Å². The van der Waals surface area contributed by atoms with Crippen LogP contribution < -0.4 is 0 Å². The van der Waals surface area contributed by atoms with Crippen molar-refractivity contribution in [3.63, 3.8) is 0 Å². The third-order valence-electron chi connectivity index (χ3n) is 2.95. The van der Waals surface area contributed by atoms with Crippen molar-refractivity contribution >= 4 is 0 Å². The van der Waals surface area contributed by atoms with Crippen molar-refractivity contribution in [3.8, 4) is 11.8 Å². The standard InChI is InChI=1S/C17H24/c1-6-7-8-9-10-15-12-11-14(2)16(13-15)17(3,4)5/h11-13H,6,9-10H2,1-5H3. The molecule has 0 amide bonds. The van der Waals surface area contributed by atoms with Gasteiger partial charge in [-0.25, -0.2) is 0 Å². The largest absolute Gasteiger partial charge is 0.104 e. The number of rotatable bonds is 2. The van der Waals surface area contributed by atoms with Crippen LogP contribution in [0, 0.1) is 18.8 Å². The molecule has 0 aliphatic heterocycles. The molecular weight excluding hydrogens is 204 g/mol. The van der Waals surface area contributed by atoms with Crippen LogP contribution in [-0.4, -0.2) is 0 Å². The zero-order valence-corrected chi connectivity index (χ0v) is 11.9. The minimum Gasteiger partial charge on any atom is -0.104 e. The second-order valence-electron chi connectivity index (χ2n) is 5.61. The third-order valence-corrected chi connectivity index (χ3v) is 2.95. The van der Waals surface area contributed by atoms with Crippen LogP contribution in [0.25, 0.3) is 0 Å². The van der Waals surface area contributed by atoms with E-state index in [1.54, 1.807) is 0 Å². The predicted octanol–water partition coefficient (Wildman–Crippen LogP) is 4.64. The van der Waals surface area contributed by atoms with Crippen molar-refractivity contribution < 1.29 is 0 Å². The number of aryl methyl sites for hydroxylation is 2. The van der Waals surface area contributed by atoms with Crippen LogP contribution in [0.15, 0.2) is 18.2 Å². The van der Waals surface area contributed by atoms with E-state index in [4.69, 9.17) is 0 Å². The highest BCUT2D eigenvalue weighted by molar-refractivity contribution is 5.36. The average molecular weight is 228 g/mol. The van der Waals surface area contributed by atoms with E-state index in [0.717, 1.165) is 19.3 Å². The highest BCUT2D eigenvalue weighted by Gasteiger charge is 2.16. The maximum Gasteiger partial charge on any atom is 0.0129 e. The molecule has 0 heterocycles. The van der Waals surface area contributed by atoms with Gasteiger partial charge in [-0.05, 0) is 35.4 Å². The van der Waals surface area contributed by atoms with Crippen molar-refractivity contribution in [1.29, 1.82) is 0 Å². The van der Waals surface area contributed by atoms with Gasteiger partial charge in [-0.15, -0.1) is 11.8 Å². The average Bonchev–Trinajstić information content (AvgIpc) is 2.25. The Morgan fingerprint density at radius 1 is 1.12 bits per heavy atom. The molecule has 1 aromatic carbocycles. The highest BCUT2D eigenvalue weighted by atomic mass is 14.2. The molecule has 0 bridgehead atoms. The third kappa shape index (κ3) is 4.27. The predicted molar refractivity (Wildman–Crippen MR) is 76.3 cm³/mol. The first-order chi connectivity index (χ1) is 7.95. The number of hydrogen-bond acceptors (Lipinski definition) is 0. The molecule has 1 rings (SSSR count). The minimum absolute atomic E-state index is 0.231. The lowest BCUT2D eigenvalue weighted by atomic mass is 9.83. The maximum absolute atomic E-state index is 3.21. The van der Waals surface area contributed by atoms with E-state index in [1.807, 2.05) is 0 Å². The number of hydrogen-bond donors (Lipinski definition) is 0. The number of benzene rings is 1. The van der Waals surface area contributed by atoms with E-state index in [2.05, 4.69) is 64.7 Å². The minimum atomic E-state index is 0.231. The Labute approximate surface area is 106 Å².